The zero-order chi connectivity index (χ0) is 29.4. The number of imidazole rings is 1. The van der Waals surface area contributed by atoms with E-state index in [2.05, 4.69) is 27.2 Å². The number of anilines is 1. The molecule has 0 unspecified atom stereocenters. The SMILES string of the molecule is COc1ccc(OC[C@H](O)CNc2cc[nH]c(=O)c2-c2nc3cc4c(O)n(C5CCN(C)CC5)cc4cc3[nH]2)c(Cl)c1. The van der Waals surface area contributed by atoms with Gasteiger partial charge in [-0.1, -0.05) is 11.6 Å². The van der Waals surface area contributed by atoms with Gasteiger partial charge in [0.05, 0.1) is 28.9 Å². The van der Waals surface area contributed by atoms with Crippen LogP contribution in [-0.2, 0) is 0 Å². The van der Waals surface area contributed by atoms with Crippen LogP contribution in [0.25, 0.3) is 33.2 Å². The van der Waals surface area contributed by atoms with Crippen molar-refractivity contribution in [1.29, 1.82) is 0 Å². The molecular weight excluding hydrogens is 560 g/mol. The molecule has 0 amide bonds. The highest BCUT2D eigenvalue weighted by molar-refractivity contribution is 6.32. The fraction of sp³-hybridized carbons (Fsp3) is 0.333. The summed E-state index contributed by atoms with van der Waals surface area (Å²) in [5, 5.41) is 26.7. The van der Waals surface area contributed by atoms with E-state index in [1.807, 2.05) is 22.9 Å². The highest BCUT2D eigenvalue weighted by Gasteiger charge is 2.23. The van der Waals surface area contributed by atoms with Crippen LogP contribution in [0.3, 0.4) is 0 Å². The van der Waals surface area contributed by atoms with Gasteiger partial charge >= 0.3 is 0 Å². The molecule has 2 aromatic carbocycles. The molecule has 5 aromatic rings. The van der Waals surface area contributed by atoms with Gasteiger partial charge < -0.3 is 44.4 Å². The van der Waals surface area contributed by atoms with Crippen molar-refractivity contribution in [3.05, 3.63) is 64.2 Å². The number of hydrogen-bond donors (Lipinski definition) is 5. The molecule has 6 rings (SSSR count). The Balaban J connectivity index is 1.20. The van der Waals surface area contributed by atoms with E-state index >= 15 is 0 Å². The normalized spacial score (nSPS) is 15.3. The molecule has 4 heterocycles. The first-order valence-electron chi connectivity index (χ1n) is 13.8. The number of pyridine rings is 1. The molecule has 0 radical (unpaired) electrons. The first-order chi connectivity index (χ1) is 20.3. The van der Waals surface area contributed by atoms with Gasteiger partial charge in [-0.05, 0) is 63.3 Å². The first kappa shape index (κ1) is 28.0. The topological polar surface area (TPSA) is 141 Å². The monoisotopic (exact) mass is 592 g/mol. The molecule has 0 spiro atoms. The summed E-state index contributed by atoms with van der Waals surface area (Å²) in [6, 6.07) is 10.8. The number of nitrogens with zero attached hydrogens (tertiary/aromatic N) is 3. The number of aliphatic hydroxyl groups is 1. The van der Waals surface area contributed by atoms with E-state index in [4.69, 9.17) is 26.1 Å². The quantitative estimate of drug-likeness (QED) is 0.170. The minimum atomic E-state index is -0.893. The van der Waals surface area contributed by atoms with E-state index in [1.54, 1.807) is 31.4 Å². The average Bonchev–Trinajstić information content (AvgIpc) is 3.54. The van der Waals surface area contributed by atoms with Crippen LogP contribution in [0.15, 0.2) is 53.6 Å². The lowest BCUT2D eigenvalue weighted by Crippen LogP contribution is -2.31. The molecule has 3 aromatic heterocycles. The third-order valence-electron chi connectivity index (χ3n) is 7.79. The van der Waals surface area contributed by atoms with Gasteiger partial charge in [-0.2, -0.15) is 0 Å². The Hall–Kier alpha value is -4.19. The predicted octanol–water partition coefficient (Wildman–Crippen LogP) is 4.36. The molecule has 0 aliphatic carbocycles. The number of hydrogen-bond acceptors (Lipinski definition) is 8. The van der Waals surface area contributed by atoms with Crippen LogP contribution in [-0.4, -0.2) is 81.1 Å². The Labute approximate surface area is 246 Å². The van der Waals surface area contributed by atoms with Crippen LogP contribution < -0.4 is 20.3 Å². The number of aromatic nitrogens is 4. The second-order valence-corrected chi connectivity index (χ2v) is 11.1. The maximum Gasteiger partial charge on any atom is 0.261 e. The van der Waals surface area contributed by atoms with Gasteiger partial charge in [0.15, 0.2) is 5.88 Å². The highest BCUT2D eigenvalue weighted by Crippen LogP contribution is 2.36. The molecule has 11 nitrogen and oxygen atoms in total. The zero-order valence-corrected chi connectivity index (χ0v) is 24.1. The van der Waals surface area contributed by atoms with Gasteiger partial charge in [-0.3, -0.25) is 4.79 Å². The number of likely N-dealkylation sites (tertiary alicyclic amines) is 1. The molecule has 0 bridgehead atoms. The second kappa shape index (κ2) is 11.6. The van der Waals surface area contributed by atoms with E-state index in [1.165, 1.54) is 6.20 Å². The van der Waals surface area contributed by atoms with Crippen molar-refractivity contribution in [3.63, 3.8) is 0 Å². The summed E-state index contributed by atoms with van der Waals surface area (Å²) in [4.78, 5) is 25.9. The fourth-order valence-electron chi connectivity index (χ4n) is 5.45. The molecule has 1 saturated heterocycles. The van der Waals surface area contributed by atoms with Crippen LogP contribution in [0.1, 0.15) is 18.9 Å². The Morgan fingerprint density at radius 3 is 2.79 bits per heavy atom. The van der Waals surface area contributed by atoms with Crippen molar-refractivity contribution < 1.29 is 19.7 Å². The van der Waals surface area contributed by atoms with Crippen LogP contribution in [0.4, 0.5) is 5.69 Å². The van der Waals surface area contributed by atoms with E-state index in [0.717, 1.165) is 42.2 Å². The second-order valence-electron chi connectivity index (χ2n) is 10.7. The molecule has 1 aliphatic heterocycles. The van der Waals surface area contributed by atoms with Crippen molar-refractivity contribution in [2.75, 3.05) is 45.7 Å². The number of nitrogens with one attached hydrogen (secondary N) is 3. The number of aromatic hydroxyl groups is 1. The lowest BCUT2D eigenvalue weighted by Gasteiger charge is -2.30. The molecule has 0 saturated carbocycles. The molecule has 5 N–H and O–H groups in total. The summed E-state index contributed by atoms with van der Waals surface area (Å²) in [6.45, 7) is 2.09. The smallest absolute Gasteiger partial charge is 0.261 e. The molecule has 42 heavy (non-hydrogen) atoms. The highest BCUT2D eigenvalue weighted by atomic mass is 35.5. The van der Waals surface area contributed by atoms with Gasteiger partial charge in [0, 0.05) is 41.8 Å². The molecular formula is C30H33ClN6O5. The van der Waals surface area contributed by atoms with Crippen LogP contribution in [0.2, 0.25) is 5.02 Å². The predicted molar refractivity (Wildman–Crippen MR) is 163 cm³/mol. The van der Waals surface area contributed by atoms with Gasteiger partial charge in [0.2, 0.25) is 0 Å². The van der Waals surface area contributed by atoms with Gasteiger partial charge in [0.25, 0.3) is 5.56 Å². The maximum absolute atomic E-state index is 12.9. The standard InChI is InChI=1S/C30H33ClN6O5/c1-36-9-6-18(7-10-36)37-15-17-11-24-25(13-21(17)30(37)40)35-28(34-24)27-23(5-8-32-29(27)39)33-14-19(38)16-42-26-4-3-20(41-2)12-22(26)31/h3-5,8,11-13,15,18-19,38,40H,6-7,9-10,14,16H2,1-2H3,(H,34,35)(H2,32,33,39)/t19-/m1/s1. The number of methoxy groups -OCH3 is 1. The van der Waals surface area contributed by atoms with Crippen molar-refractivity contribution in [2.45, 2.75) is 25.0 Å². The summed E-state index contributed by atoms with van der Waals surface area (Å²) >= 11 is 6.22. The lowest BCUT2D eigenvalue weighted by molar-refractivity contribution is 0.117. The van der Waals surface area contributed by atoms with E-state index < -0.39 is 6.10 Å². The van der Waals surface area contributed by atoms with Crippen LogP contribution >= 0.6 is 11.6 Å². The fourth-order valence-corrected chi connectivity index (χ4v) is 5.68. The molecule has 12 heteroatoms. The molecule has 1 atom stereocenters. The summed E-state index contributed by atoms with van der Waals surface area (Å²) in [7, 11) is 3.66. The Morgan fingerprint density at radius 1 is 1.21 bits per heavy atom. The minimum Gasteiger partial charge on any atom is -0.497 e. The Bertz CT molecular complexity index is 1790. The number of halogens is 1. The maximum atomic E-state index is 12.9. The van der Waals surface area contributed by atoms with Gasteiger partial charge in [-0.15, -0.1) is 0 Å². The number of ether oxygens (including phenoxy) is 2. The Kier molecular flexibility index (Phi) is 7.72. The van der Waals surface area contributed by atoms with Crippen molar-refractivity contribution in [3.8, 4) is 28.8 Å². The molecule has 1 fully saturated rings. The lowest BCUT2D eigenvalue weighted by atomic mass is 10.1. The molecule has 220 valence electrons. The number of aliphatic hydroxyl groups excluding tert-OH is 1. The number of rotatable bonds is 9. The van der Waals surface area contributed by atoms with Crippen molar-refractivity contribution >= 4 is 39.1 Å². The van der Waals surface area contributed by atoms with Gasteiger partial charge in [-0.25, -0.2) is 4.98 Å². The number of fused-ring (bicyclic) bond motifs is 2. The van der Waals surface area contributed by atoms with E-state index in [-0.39, 0.29) is 30.6 Å². The van der Waals surface area contributed by atoms with Crippen LogP contribution in [0.5, 0.6) is 17.4 Å². The van der Waals surface area contributed by atoms with Crippen molar-refractivity contribution in [1.82, 2.24) is 24.4 Å². The average molecular weight is 593 g/mol. The van der Waals surface area contributed by atoms with E-state index in [9.17, 15) is 15.0 Å². The number of piperidine rings is 1. The Morgan fingerprint density at radius 2 is 2.02 bits per heavy atom. The van der Waals surface area contributed by atoms with Crippen LogP contribution in [0, 0.1) is 0 Å². The largest absolute Gasteiger partial charge is 0.497 e. The summed E-state index contributed by atoms with van der Waals surface area (Å²) < 4.78 is 12.8. The number of benzene rings is 2. The van der Waals surface area contributed by atoms with Crippen molar-refractivity contribution in [2.24, 2.45) is 0 Å². The minimum absolute atomic E-state index is 0.0150. The number of aromatic amines is 2. The van der Waals surface area contributed by atoms with E-state index in [0.29, 0.717) is 39.1 Å². The third-order valence-corrected chi connectivity index (χ3v) is 8.09. The summed E-state index contributed by atoms with van der Waals surface area (Å²) in [5.74, 6) is 1.64. The summed E-state index contributed by atoms with van der Waals surface area (Å²) in [5.41, 5.74) is 1.85. The number of H-pyrrole nitrogens is 2. The molecule has 1 aliphatic rings. The summed E-state index contributed by atoms with van der Waals surface area (Å²) in [6.07, 6.45) is 4.59. The first-order valence-corrected chi connectivity index (χ1v) is 14.2. The zero-order valence-electron chi connectivity index (χ0n) is 23.4. The van der Waals surface area contributed by atoms with Gasteiger partial charge in [0.1, 0.15) is 35.6 Å². The third kappa shape index (κ3) is 5.50.